The lowest BCUT2D eigenvalue weighted by Crippen LogP contribution is -2.62. The Balaban J connectivity index is 4.36. The zero-order valence-electron chi connectivity index (χ0n) is 65.2. The van der Waals surface area contributed by atoms with Gasteiger partial charge in [-0.1, -0.05) is 27.2 Å². The van der Waals surface area contributed by atoms with Gasteiger partial charge in [-0.3, -0.25) is 47.9 Å². The highest BCUT2D eigenvalue weighted by molar-refractivity contribution is 5.99. The van der Waals surface area contributed by atoms with Gasteiger partial charge in [0, 0.05) is 39.3 Å². The third-order valence-electron chi connectivity index (χ3n) is 14.4. The number of aliphatic hydroxyl groups is 2. The van der Waals surface area contributed by atoms with Crippen LogP contribution in [0, 0.1) is 5.92 Å². The molecule has 38 heteroatoms. The summed E-state index contributed by atoms with van der Waals surface area (Å²) in [6.45, 7) is 29.0. The maximum absolute atomic E-state index is 15.1. The molecule has 1 rings (SSSR count). The van der Waals surface area contributed by atoms with E-state index in [0.29, 0.717) is 0 Å². The third-order valence-corrected chi connectivity index (χ3v) is 14.4. The molecule has 38 nitrogen and oxygen atoms in total. The summed E-state index contributed by atoms with van der Waals surface area (Å²) in [6, 6.07) is -16.9. The first-order valence-electron chi connectivity index (χ1n) is 35.7. The second-order valence-corrected chi connectivity index (χ2v) is 31.1. The average Bonchev–Trinajstić information content (AvgIpc) is 0.941. The second kappa shape index (κ2) is 44.2. The quantitative estimate of drug-likeness (QED) is 0.0456. The van der Waals surface area contributed by atoms with Gasteiger partial charge in [0.2, 0.25) is 59.1 Å². The number of nitrogens with two attached hydrogens (primary N) is 1. The zero-order chi connectivity index (χ0) is 81.4. The fourth-order valence-corrected chi connectivity index (χ4v) is 9.58. The van der Waals surface area contributed by atoms with Gasteiger partial charge in [0.05, 0.1) is 18.2 Å². The van der Waals surface area contributed by atoms with Gasteiger partial charge in [-0.15, -0.1) is 0 Å². The SMILES string of the molecule is CCC[C@@H]1NC(=O)[C@@H](CC(C)C)NC(=O)[C@H](CCNC(=O)OC(C)(C)C)NC(=O)[C@@H](NC(=O)[C@H](CCNC(=O)OC(C)(C)C)NC(=O)[C@@H](NC(=O)[C@@H](N)CCNC(=O)OC(C)(C)C)C(C)O)CCNC(=O)[C@H](C(C)O)NC(=O)[C@H](CCNC(=O)OC(C)(C)C)NC(=O)[C@H](CCNC(=O)OC(C)(C)C)NC1=O. The number of carbonyl (C=O) groups is 15. The van der Waals surface area contributed by atoms with Crippen molar-refractivity contribution in [2.75, 3.05) is 39.3 Å². The highest BCUT2D eigenvalue weighted by Gasteiger charge is 2.39. The number of aliphatic hydroxyl groups excluding tert-OH is 2. The summed E-state index contributed by atoms with van der Waals surface area (Å²) >= 11 is 0. The number of amides is 15. The Morgan fingerprint density at radius 3 is 1.14 bits per heavy atom. The van der Waals surface area contributed by atoms with Crippen LogP contribution in [-0.4, -0.2) is 240 Å². The van der Waals surface area contributed by atoms with Crippen LogP contribution < -0.4 is 85.5 Å². The minimum absolute atomic E-state index is 0.0775. The Morgan fingerprint density at radius 1 is 0.443 bits per heavy atom. The van der Waals surface area contributed by atoms with Crippen molar-refractivity contribution in [2.24, 2.45) is 11.7 Å². The normalized spacial score (nSPS) is 20.8. The zero-order valence-corrected chi connectivity index (χ0v) is 65.2. The van der Waals surface area contributed by atoms with Crippen molar-refractivity contribution < 1.29 is 106 Å². The number of hydrogen-bond acceptors (Lipinski definition) is 23. The molecule has 106 heavy (non-hydrogen) atoms. The van der Waals surface area contributed by atoms with Crippen molar-refractivity contribution >= 4 is 89.5 Å². The molecular formula is C68H122N16O22. The van der Waals surface area contributed by atoms with Crippen LogP contribution in [0.5, 0.6) is 0 Å². The molecule has 15 amide bonds. The van der Waals surface area contributed by atoms with E-state index in [1.54, 1.807) is 125 Å². The Hall–Kier alpha value is -9.07. The van der Waals surface area contributed by atoms with E-state index in [1.165, 1.54) is 0 Å². The van der Waals surface area contributed by atoms with Gasteiger partial charge < -0.3 is 119 Å². The van der Waals surface area contributed by atoms with Gasteiger partial charge in [0.1, 0.15) is 82.4 Å². The first kappa shape index (κ1) is 94.9. The lowest BCUT2D eigenvalue weighted by molar-refractivity contribution is -0.136. The summed E-state index contributed by atoms with van der Waals surface area (Å²) in [5.41, 5.74) is 1.33. The topological polar surface area (TPSA) is 549 Å². The lowest BCUT2D eigenvalue weighted by Gasteiger charge is -2.29. The summed E-state index contributed by atoms with van der Waals surface area (Å²) in [5, 5.41) is 59.5. The predicted molar refractivity (Wildman–Crippen MR) is 385 cm³/mol. The molecule has 1 fully saturated rings. The van der Waals surface area contributed by atoms with Gasteiger partial charge in [0.15, 0.2) is 0 Å². The minimum atomic E-state index is -1.90. The second-order valence-electron chi connectivity index (χ2n) is 31.1. The van der Waals surface area contributed by atoms with Gasteiger partial charge in [-0.2, -0.15) is 0 Å². The number of rotatable bonds is 27. The van der Waals surface area contributed by atoms with Gasteiger partial charge in [0.25, 0.3) is 0 Å². The number of hydrogen-bond donors (Lipinski definition) is 18. The molecule has 12 atom stereocenters. The molecule has 1 aliphatic heterocycles. The maximum atomic E-state index is 15.1. The molecule has 1 heterocycles. The molecule has 0 radical (unpaired) electrons. The number of nitrogens with one attached hydrogen (secondary N) is 15. The molecule has 1 aliphatic rings. The van der Waals surface area contributed by atoms with Gasteiger partial charge >= 0.3 is 30.5 Å². The first-order chi connectivity index (χ1) is 48.7. The summed E-state index contributed by atoms with van der Waals surface area (Å²) in [6.07, 6.45) is -10.5. The van der Waals surface area contributed by atoms with Crippen LogP contribution in [0.2, 0.25) is 0 Å². The Morgan fingerprint density at radius 2 is 0.783 bits per heavy atom. The minimum Gasteiger partial charge on any atom is -0.444 e. The van der Waals surface area contributed by atoms with E-state index < -0.39 is 235 Å². The van der Waals surface area contributed by atoms with E-state index in [0.717, 1.165) is 13.8 Å². The van der Waals surface area contributed by atoms with Crippen molar-refractivity contribution in [3.63, 3.8) is 0 Å². The number of ether oxygens (including phenoxy) is 5. The molecule has 0 aromatic rings. The number of carbonyl (C=O) groups excluding carboxylic acids is 15. The van der Waals surface area contributed by atoms with E-state index in [-0.39, 0.29) is 57.7 Å². The van der Waals surface area contributed by atoms with Crippen LogP contribution in [0.3, 0.4) is 0 Å². The number of alkyl carbamates (subject to hydrolysis) is 5. The summed E-state index contributed by atoms with van der Waals surface area (Å²) in [7, 11) is 0. The molecule has 606 valence electrons. The molecular weight excluding hydrogens is 1390 g/mol. The van der Waals surface area contributed by atoms with Crippen LogP contribution in [0.1, 0.15) is 196 Å². The predicted octanol–water partition coefficient (Wildman–Crippen LogP) is -0.621. The smallest absolute Gasteiger partial charge is 0.407 e. The van der Waals surface area contributed by atoms with Crippen LogP contribution in [-0.2, 0) is 71.6 Å². The molecule has 0 saturated carbocycles. The summed E-state index contributed by atoms with van der Waals surface area (Å²) in [4.78, 5) is 209. The molecule has 0 aliphatic carbocycles. The van der Waals surface area contributed by atoms with E-state index in [1.807, 2.05) is 0 Å². The van der Waals surface area contributed by atoms with Crippen LogP contribution >= 0.6 is 0 Å². The van der Waals surface area contributed by atoms with E-state index >= 15 is 4.79 Å². The third kappa shape index (κ3) is 41.0. The molecule has 0 bridgehead atoms. The Labute approximate surface area is 620 Å². The van der Waals surface area contributed by atoms with Crippen molar-refractivity contribution in [3.8, 4) is 0 Å². The van der Waals surface area contributed by atoms with E-state index in [2.05, 4.69) is 79.8 Å². The summed E-state index contributed by atoms with van der Waals surface area (Å²) in [5.74, 6) is -11.2. The molecule has 19 N–H and O–H groups in total. The molecule has 2 unspecified atom stereocenters. The molecule has 0 aromatic carbocycles. The largest absolute Gasteiger partial charge is 0.444 e. The fraction of sp³-hybridized carbons (Fsp3) is 0.779. The molecule has 0 spiro atoms. The summed E-state index contributed by atoms with van der Waals surface area (Å²) < 4.78 is 26.6. The van der Waals surface area contributed by atoms with Crippen molar-refractivity contribution in [1.29, 1.82) is 0 Å². The van der Waals surface area contributed by atoms with Crippen molar-refractivity contribution in [3.05, 3.63) is 0 Å². The molecule has 0 aromatic heterocycles. The average molecular weight is 1520 g/mol. The maximum Gasteiger partial charge on any atom is 0.407 e. The first-order valence-corrected chi connectivity index (χ1v) is 35.7. The Kier molecular flexibility index (Phi) is 39.5. The lowest BCUT2D eigenvalue weighted by atomic mass is 10.0. The fourth-order valence-electron chi connectivity index (χ4n) is 9.58. The standard InChI is InChI=1S/C68H122N16O22/c1-21-22-40-50(88)77-42(25-31-72-60(98)103-65(9,10)11)52(90)80-45(28-34-75-63(101)106-68(18,19)20)55(93)84-47(37(4)85)57(95)70-30-24-41(51(89)79-43(26-32-73-61(99)104-66(12,13)14)54(92)82-46(35-36(2)3)56(94)76-40)78-53(91)44(27-33-74-62(100)105-67(15,16)17)81-58(96)48(38(5)86)83-49(87)39(69)23-29-71-59(97)102-64(6,7)8/h36-48,85-86H,21-35,69H2,1-20H3,(H,70,95)(H,71,97)(H,72,98)(H,73,99)(H,74,100)(H,75,101)(H,76,94)(H,77,88)(H,78,91)(H,79,89)(H,80,90)(H,81,96)(H,82,92)(H,83,87)(H,84,93)/t37?,38?,39-,40-,41-,42-,43-,44-,45-,46+,47-,48-/m0/s1. The van der Waals surface area contributed by atoms with Gasteiger partial charge in [-0.05, 0) is 175 Å². The van der Waals surface area contributed by atoms with Gasteiger partial charge in [-0.25, -0.2) is 24.0 Å². The van der Waals surface area contributed by atoms with E-state index in [9.17, 15) is 77.3 Å². The Bertz CT molecular complexity index is 2970. The van der Waals surface area contributed by atoms with Crippen LogP contribution in [0.25, 0.3) is 0 Å². The van der Waals surface area contributed by atoms with E-state index in [4.69, 9.17) is 29.4 Å². The highest BCUT2D eigenvalue weighted by atomic mass is 16.6. The monoisotopic (exact) mass is 1510 g/mol. The molecule has 1 saturated heterocycles. The van der Waals surface area contributed by atoms with Crippen LogP contribution in [0.15, 0.2) is 0 Å². The van der Waals surface area contributed by atoms with Crippen LogP contribution in [0.4, 0.5) is 24.0 Å². The van der Waals surface area contributed by atoms with Crippen molar-refractivity contribution in [1.82, 2.24) is 79.8 Å². The van der Waals surface area contributed by atoms with Crippen molar-refractivity contribution in [2.45, 2.75) is 297 Å². The highest BCUT2D eigenvalue weighted by Crippen LogP contribution is 2.15.